The summed E-state index contributed by atoms with van der Waals surface area (Å²) in [7, 11) is 5.17. The van der Waals surface area contributed by atoms with Crippen LogP contribution >= 0.6 is 0 Å². The van der Waals surface area contributed by atoms with Gasteiger partial charge in [0, 0.05) is 34.3 Å². The second kappa shape index (κ2) is 12.1. The first-order valence-corrected chi connectivity index (χ1v) is 9.03. The van der Waals surface area contributed by atoms with E-state index in [4.69, 9.17) is 4.74 Å². The zero-order valence-corrected chi connectivity index (χ0v) is 16.7. The van der Waals surface area contributed by atoms with Gasteiger partial charge in [-0.3, -0.25) is 4.79 Å². The van der Waals surface area contributed by atoms with E-state index in [9.17, 15) is 4.79 Å². The van der Waals surface area contributed by atoms with Gasteiger partial charge in [0.2, 0.25) is 5.91 Å². The Hall–Kier alpha value is -1.30. The maximum atomic E-state index is 11.8. The Morgan fingerprint density at radius 3 is 2.42 bits per heavy atom. The molecule has 142 valence electrons. The molecule has 0 aromatic rings. The molecular weight excluding hydrogens is 304 g/mol. The van der Waals surface area contributed by atoms with Crippen LogP contribution in [0, 0.1) is 5.92 Å². The molecule has 0 aliphatic carbocycles. The summed E-state index contributed by atoms with van der Waals surface area (Å²) in [5.74, 6) is 1.28. The number of carbonyl (C=O) groups excluding carboxylic acids is 1. The van der Waals surface area contributed by atoms with Crippen molar-refractivity contribution in [1.82, 2.24) is 15.5 Å². The molecule has 6 heteroatoms. The first-order valence-electron chi connectivity index (χ1n) is 9.03. The molecule has 1 amide bonds. The van der Waals surface area contributed by atoms with E-state index in [2.05, 4.69) is 29.5 Å². The molecule has 0 spiro atoms. The maximum Gasteiger partial charge on any atom is 0.243 e. The molecular formula is C18H38N4O2. The number of rotatable bonds is 11. The van der Waals surface area contributed by atoms with E-state index in [0.717, 1.165) is 13.0 Å². The standard InChI is InChI=1S/C18H38N4O2/c1-8-10-11-15(9-2)12-19-17(20-13-16(23)22(5)6)21-14-18(3,4)24-7/h15H,8-14H2,1-7H3,(H2,19,20,21). The van der Waals surface area contributed by atoms with Crippen molar-refractivity contribution >= 4 is 11.9 Å². The highest BCUT2D eigenvalue weighted by Gasteiger charge is 2.17. The van der Waals surface area contributed by atoms with Gasteiger partial charge < -0.3 is 20.3 Å². The number of guanidine groups is 1. The summed E-state index contributed by atoms with van der Waals surface area (Å²) in [6, 6.07) is 0. The largest absolute Gasteiger partial charge is 0.377 e. The first-order chi connectivity index (χ1) is 11.3. The Morgan fingerprint density at radius 2 is 1.92 bits per heavy atom. The maximum absolute atomic E-state index is 11.8. The molecule has 1 atom stereocenters. The number of nitrogens with zero attached hydrogens (tertiary/aromatic N) is 2. The van der Waals surface area contributed by atoms with Crippen molar-refractivity contribution in [3.8, 4) is 0 Å². The lowest BCUT2D eigenvalue weighted by Gasteiger charge is -2.25. The van der Waals surface area contributed by atoms with Crippen LogP contribution in [-0.2, 0) is 9.53 Å². The molecule has 0 saturated heterocycles. The van der Waals surface area contributed by atoms with E-state index in [1.807, 2.05) is 13.8 Å². The predicted octanol–water partition coefficient (Wildman–Crippen LogP) is 2.25. The van der Waals surface area contributed by atoms with Crippen LogP contribution in [0.4, 0.5) is 0 Å². The molecule has 0 rings (SSSR count). The van der Waals surface area contributed by atoms with E-state index >= 15 is 0 Å². The summed E-state index contributed by atoms with van der Waals surface area (Å²) < 4.78 is 5.43. The van der Waals surface area contributed by atoms with Crippen molar-refractivity contribution in [2.45, 2.75) is 59.0 Å². The number of methoxy groups -OCH3 is 1. The second-order valence-electron chi connectivity index (χ2n) is 7.07. The molecule has 0 aliphatic heterocycles. The Morgan fingerprint density at radius 1 is 1.25 bits per heavy atom. The first kappa shape index (κ1) is 22.7. The van der Waals surface area contributed by atoms with Crippen molar-refractivity contribution in [1.29, 1.82) is 0 Å². The van der Waals surface area contributed by atoms with E-state index in [1.54, 1.807) is 26.1 Å². The fraction of sp³-hybridized carbons (Fsp3) is 0.889. The fourth-order valence-electron chi connectivity index (χ4n) is 2.02. The molecule has 24 heavy (non-hydrogen) atoms. The van der Waals surface area contributed by atoms with Gasteiger partial charge in [0.1, 0.15) is 6.54 Å². The number of nitrogens with one attached hydrogen (secondary N) is 2. The lowest BCUT2D eigenvalue weighted by molar-refractivity contribution is -0.127. The molecule has 1 unspecified atom stereocenters. The van der Waals surface area contributed by atoms with Crippen LogP contribution in [0.25, 0.3) is 0 Å². The Bertz CT molecular complexity index is 381. The number of aliphatic imine (C=N–C) groups is 1. The fourth-order valence-corrected chi connectivity index (χ4v) is 2.02. The van der Waals surface area contributed by atoms with E-state index < -0.39 is 0 Å². The highest BCUT2D eigenvalue weighted by Crippen LogP contribution is 2.11. The number of amides is 1. The van der Waals surface area contributed by atoms with Crippen LogP contribution in [0.3, 0.4) is 0 Å². The van der Waals surface area contributed by atoms with Gasteiger partial charge in [-0.05, 0) is 26.2 Å². The zero-order valence-electron chi connectivity index (χ0n) is 16.7. The van der Waals surface area contributed by atoms with E-state index in [1.165, 1.54) is 19.3 Å². The summed E-state index contributed by atoms with van der Waals surface area (Å²) in [6.45, 7) is 10.1. The SMILES string of the molecule is CCCCC(CC)CNC(=NCC(=O)N(C)C)NCC(C)(C)OC. The molecule has 0 heterocycles. The zero-order chi connectivity index (χ0) is 18.6. The summed E-state index contributed by atoms with van der Waals surface area (Å²) in [4.78, 5) is 17.7. The number of ether oxygens (including phenoxy) is 1. The van der Waals surface area contributed by atoms with Gasteiger partial charge >= 0.3 is 0 Å². The van der Waals surface area contributed by atoms with Crippen LogP contribution in [-0.4, -0.2) is 63.2 Å². The molecule has 0 radical (unpaired) electrons. The van der Waals surface area contributed by atoms with Crippen molar-refractivity contribution < 1.29 is 9.53 Å². The van der Waals surface area contributed by atoms with Crippen molar-refractivity contribution in [3.05, 3.63) is 0 Å². The van der Waals surface area contributed by atoms with Crippen LogP contribution < -0.4 is 10.6 Å². The van der Waals surface area contributed by atoms with E-state index in [0.29, 0.717) is 18.4 Å². The average molecular weight is 343 g/mol. The second-order valence-corrected chi connectivity index (χ2v) is 7.07. The number of likely N-dealkylation sites (N-methyl/N-ethyl adjacent to an activating group) is 1. The molecule has 6 nitrogen and oxygen atoms in total. The number of hydrogen-bond acceptors (Lipinski definition) is 3. The minimum Gasteiger partial charge on any atom is -0.377 e. The molecule has 0 bridgehead atoms. The van der Waals surface area contributed by atoms with Crippen LogP contribution in [0.1, 0.15) is 53.4 Å². The van der Waals surface area contributed by atoms with E-state index in [-0.39, 0.29) is 18.1 Å². The van der Waals surface area contributed by atoms with Gasteiger partial charge in [0.05, 0.1) is 5.60 Å². The summed E-state index contributed by atoms with van der Waals surface area (Å²) in [6.07, 6.45) is 4.82. The van der Waals surface area contributed by atoms with Crippen molar-refractivity contribution in [2.24, 2.45) is 10.9 Å². The van der Waals surface area contributed by atoms with Gasteiger partial charge in [0.15, 0.2) is 5.96 Å². The lowest BCUT2D eigenvalue weighted by atomic mass is 9.99. The molecule has 0 aromatic carbocycles. The topological polar surface area (TPSA) is 66.0 Å². The highest BCUT2D eigenvalue weighted by atomic mass is 16.5. The van der Waals surface area contributed by atoms with Gasteiger partial charge in [0.25, 0.3) is 0 Å². The smallest absolute Gasteiger partial charge is 0.243 e. The van der Waals surface area contributed by atoms with Gasteiger partial charge in [-0.25, -0.2) is 4.99 Å². The number of carbonyl (C=O) groups is 1. The van der Waals surface area contributed by atoms with Crippen LogP contribution in [0.15, 0.2) is 4.99 Å². The van der Waals surface area contributed by atoms with Crippen LogP contribution in [0.5, 0.6) is 0 Å². The Labute approximate surface area is 148 Å². The third-order valence-electron chi connectivity index (χ3n) is 4.21. The van der Waals surface area contributed by atoms with Gasteiger partial charge in [-0.15, -0.1) is 0 Å². The monoisotopic (exact) mass is 342 g/mol. The summed E-state index contributed by atoms with van der Waals surface area (Å²) in [5, 5.41) is 6.67. The van der Waals surface area contributed by atoms with Crippen molar-refractivity contribution in [3.63, 3.8) is 0 Å². The Balaban J connectivity index is 4.72. The predicted molar refractivity (Wildman–Crippen MR) is 101 cm³/mol. The highest BCUT2D eigenvalue weighted by molar-refractivity contribution is 5.84. The minimum atomic E-state index is -0.291. The normalized spacial score (nSPS) is 13.5. The summed E-state index contributed by atoms with van der Waals surface area (Å²) in [5.41, 5.74) is -0.291. The molecule has 0 aromatic heterocycles. The van der Waals surface area contributed by atoms with Gasteiger partial charge in [-0.1, -0.05) is 33.1 Å². The third kappa shape index (κ3) is 10.5. The Kier molecular flexibility index (Phi) is 11.5. The summed E-state index contributed by atoms with van der Waals surface area (Å²) >= 11 is 0. The molecule has 0 saturated carbocycles. The van der Waals surface area contributed by atoms with Crippen molar-refractivity contribution in [2.75, 3.05) is 40.8 Å². The third-order valence-corrected chi connectivity index (χ3v) is 4.21. The number of unbranched alkanes of at least 4 members (excludes halogenated alkanes) is 1. The van der Waals surface area contributed by atoms with Gasteiger partial charge in [-0.2, -0.15) is 0 Å². The average Bonchev–Trinajstić information content (AvgIpc) is 2.56. The molecule has 0 aliphatic rings. The lowest BCUT2D eigenvalue weighted by Crippen LogP contribution is -2.46. The van der Waals surface area contributed by atoms with Crippen LogP contribution in [0.2, 0.25) is 0 Å². The minimum absolute atomic E-state index is 0.0138. The number of hydrogen-bond donors (Lipinski definition) is 2. The quantitative estimate of drug-likeness (QED) is 0.446. The molecule has 0 fully saturated rings. The molecule has 2 N–H and O–H groups in total.